The molecule has 142 valence electrons. The van der Waals surface area contributed by atoms with Crippen LogP contribution in [0.5, 0.6) is 11.5 Å². The Hall–Kier alpha value is -2.32. The number of hydrogen-bond donors (Lipinski definition) is 1. The quantitative estimate of drug-likeness (QED) is 0.841. The molecule has 0 unspecified atom stereocenters. The van der Waals surface area contributed by atoms with Gasteiger partial charge in [-0.25, -0.2) is 0 Å². The minimum absolute atomic E-state index is 0. The number of benzene rings is 1. The van der Waals surface area contributed by atoms with Gasteiger partial charge in [0.25, 0.3) is 0 Å². The molecule has 1 saturated heterocycles. The van der Waals surface area contributed by atoms with Gasteiger partial charge in [-0.2, -0.15) is 4.98 Å². The van der Waals surface area contributed by atoms with Gasteiger partial charge in [0.2, 0.25) is 17.6 Å². The predicted molar refractivity (Wildman–Crippen MR) is 97.7 cm³/mol. The number of nitrogens with two attached hydrogens (primary N) is 1. The largest absolute Gasteiger partial charge is 0.493 e. The molecular weight excluding hydrogens is 360 g/mol. The first kappa shape index (κ1) is 20.0. The molecule has 1 aromatic carbocycles. The normalized spacial score (nSPS) is 14.7. The van der Waals surface area contributed by atoms with Crippen LogP contribution in [-0.2, 0) is 4.79 Å². The molecule has 0 spiro atoms. The topological polar surface area (TPSA) is 104 Å². The van der Waals surface area contributed by atoms with Crippen LogP contribution in [0.4, 0.5) is 0 Å². The van der Waals surface area contributed by atoms with Crippen LogP contribution in [0.25, 0.3) is 11.4 Å². The summed E-state index contributed by atoms with van der Waals surface area (Å²) >= 11 is 0. The number of likely N-dealkylation sites (tertiary alicyclic amines) is 1. The van der Waals surface area contributed by atoms with Gasteiger partial charge in [0.15, 0.2) is 11.5 Å². The molecule has 0 bridgehead atoms. The summed E-state index contributed by atoms with van der Waals surface area (Å²) in [7, 11) is 3.17. The van der Waals surface area contributed by atoms with Crippen LogP contribution in [0, 0.1) is 0 Å². The van der Waals surface area contributed by atoms with Gasteiger partial charge in [0, 0.05) is 24.6 Å². The van der Waals surface area contributed by atoms with Crippen molar-refractivity contribution in [1.29, 1.82) is 0 Å². The third-order valence-corrected chi connectivity index (χ3v) is 4.46. The van der Waals surface area contributed by atoms with Gasteiger partial charge in [-0.15, -0.1) is 12.4 Å². The average molecular weight is 383 g/mol. The van der Waals surface area contributed by atoms with Gasteiger partial charge >= 0.3 is 0 Å². The number of methoxy groups -OCH3 is 2. The first-order valence-corrected chi connectivity index (χ1v) is 8.20. The zero-order valence-electron chi connectivity index (χ0n) is 14.8. The smallest absolute Gasteiger partial charge is 0.236 e. The van der Waals surface area contributed by atoms with Gasteiger partial charge in [-0.05, 0) is 31.0 Å². The highest BCUT2D eigenvalue weighted by Crippen LogP contribution is 2.33. The summed E-state index contributed by atoms with van der Waals surface area (Å²) in [5, 5.41) is 4.08. The van der Waals surface area contributed by atoms with Crippen LogP contribution in [0.1, 0.15) is 24.7 Å². The zero-order valence-corrected chi connectivity index (χ0v) is 15.6. The third-order valence-electron chi connectivity index (χ3n) is 4.46. The average Bonchev–Trinajstić information content (AvgIpc) is 3.17. The molecule has 0 atom stereocenters. The summed E-state index contributed by atoms with van der Waals surface area (Å²) in [5.74, 6) is 2.51. The van der Waals surface area contributed by atoms with Gasteiger partial charge in [0.05, 0.1) is 20.8 Å². The van der Waals surface area contributed by atoms with E-state index in [0.717, 1.165) is 18.4 Å². The van der Waals surface area contributed by atoms with Crippen LogP contribution >= 0.6 is 12.4 Å². The van der Waals surface area contributed by atoms with Crippen molar-refractivity contribution in [3.63, 3.8) is 0 Å². The Bertz CT molecular complexity index is 744. The number of hydrogen-bond acceptors (Lipinski definition) is 7. The second-order valence-electron chi connectivity index (χ2n) is 5.89. The minimum atomic E-state index is -0.0185. The van der Waals surface area contributed by atoms with Gasteiger partial charge in [-0.1, -0.05) is 5.16 Å². The number of amides is 1. The Morgan fingerprint density at radius 1 is 1.27 bits per heavy atom. The first-order chi connectivity index (χ1) is 12.2. The number of piperidine rings is 1. The molecule has 1 aliphatic rings. The zero-order chi connectivity index (χ0) is 17.8. The molecule has 0 radical (unpaired) electrons. The second-order valence-corrected chi connectivity index (χ2v) is 5.89. The highest BCUT2D eigenvalue weighted by Gasteiger charge is 2.27. The molecule has 9 heteroatoms. The maximum atomic E-state index is 11.6. The molecule has 1 amide bonds. The number of carbonyl (C=O) groups excluding carboxylic acids is 1. The molecule has 2 N–H and O–H groups in total. The maximum Gasteiger partial charge on any atom is 0.236 e. The van der Waals surface area contributed by atoms with E-state index in [2.05, 4.69) is 10.1 Å². The van der Waals surface area contributed by atoms with Gasteiger partial charge in [-0.3, -0.25) is 4.79 Å². The highest BCUT2D eigenvalue weighted by atomic mass is 35.5. The van der Waals surface area contributed by atoms with E-state index in [-0.39, 0.29) is 30.8 Å². The van der Waals surface area contributed by atoms with Crippen molar-refractivity contribution in [2.45, 2.75) is 18.8 Å². The van der Waals surface area contributed by atoms with E-state index in [4.69, 9.17) is 19.7 Å². The standard InChI is InChI=1S/C17H22N4O4.ClH/c1-23-13-4-3-12(9-14(13)24-2)16-19-17(25-20-16)11-5-7-21(8-6-11)15(22)10-18;/h3-4,9,11H,5-8,10,18H2,1-2H3;1H. The summed E-state index contributed by atoms with van der Waals surface area (Å²) in [6.45, 7) is 1.37. The highest BCUT2D eigenvalue weighted by molar-refractivity contribution is 5.85. The van der Waals surface area contributed by atoms with E-state index in [0.29, 0.717) is 36.3 Å². The Labute approximate surface area is 158 Å². The summed E-state index contributed by atoms with van der Waals surface area (Å²) in [6.07, 6.45) is 1.58. The summed E-state index contributed by atoms with van der Waals surface area (Å²) in [6, 6.07) is 5.48. The van der Waals surface area contributed by atoms with Crippen LogP contribution in [0.3, 0.4) is 0 Å². The van der Waals surface area contributed by atoms with E-state index >= 15 is 0 Å². The number of carbonyl (C=O) groups is 1. The number of ether oxygens (including phenoxy) is 2. The van der Waals surface area contributed by atoms with Gasteiger partial charge in [0.1, 0.15) is 0 Å². The summed E-state index contributed by atoms with van der Waals surface area (Å²) < 4.78 is 16.0. The van der Waals surface area contributed by atoms with E-state index < -0.39 is 0 Å². The molecule has 0 saturated carbocycles. The fraction of sp³-hybridized carbons (Fsp3) is 0.471. The van der Waals surface area contributed by atoms with Crippen molar-refractivity contribution in [2.24, 2.45) is 5.73 Å². The van der Waals surface area contributed by atoms with E-state index in [9.17, 15) is 4.79 Å². The van der Waals surface area contributed by atoms with Crippen LogP contribution < -0.4 is 15.2 Å². The number of nitrogens with zero attached hydrogens (tertiary/aromatic N) is 3. The number of halogens is 1. The van der Waals surface area contributed by atoms with Crippen molar-refractivity contribution in [3.8, 4) is 22.9 Å². The molecule has 1 aliphatic heterocycles. The van der Waals surface area contributed by atoms with E-state index in [1.54, 1.807) is 25.2 Å². The molecule has 1 aromatic heterocycles. The van der Waals surface area contributed by atoms with Crippen LogP contribution in [-0.4, -0.2) is 54.8 Å². The monoisotopic (exact) mass is 382 g/mol. The maximum absolute atomic E-state index is 11.6. The Balaban J connectivity index is 0.00000243. The van der Waals surface area contributed by atoms with Crippen LogP contribution in [0.15, 0.2) is 22.7 Å². The number of aromatic nitrogens is 2. The van der Waals surface area contributed by atoms with Crippen molar-refractivity contribution >= 4 is 18.3 Å². The van der Waals surface area contributed by atoms with Crippen LogP contribution in [0.2, 0.25) is 0 Å². The fourth-order valence-electron chi connectivity index (χ4n) is 3.00. The van der Waals surface area contributed by atoms with Gasteiger partial charge < -0.3 is 24.6 Å². The molecule has 0 aliphatic carbocycles. The second kappa shape index (κ2) is 8.86. The Morgan fingerprint density at radius 3 is 2.58 bits per heavy atom. The Morgan fingerprint density at radius 2 is 1.96 bits per heavy atom. The Kier molecular flexibility index (Phi) is 6.82. The molecule has 26 heavy (non-hydrogen) atoms. The molecule has 2 aromatic rings. The van der Waals surface area contributed by atoms with Crippen molar-refractivity contribution in [1.82, 2.24) is 15.0 Å². The summed E-state index contributed by atoms with van der Waals surface area (Å²) in [5.41, 5.74) is 6.20. The lowest BCUT2D eigenvalue weighted by Crippen LogP contribution is -2.41. The minimum Gasteiger partial charge on any atom is -0.493 e. The van der Waals surface area contributed by atoms with Crippen molar-refractivity contribution in [2.75, 3.05) is 33.9 Å². The molecule has 2 heterocycles. The lowest BCUT2D eigenvalue weighted by molar-refractivity contribution is -0.130. The summed E-state index contributed by atoms with van der Waals surface area (Å²) in [4.78, 5) is 17.9. The number of rotatable bonds is 5. The SMILES string of the molecule is COc1ccc(-c2noc(C3CCN(C(=O)CN)CC3)n2)cc1OC.Cl. The first-order valence-electron chi connectivity index (χ1n) is 8.20. The fourth-order valence-corrected chi connectivity index (χ4v) is 3.00. The van der Waals surface area contributed by atoms with Crippen molar-refractivity contribution in [3.05, 3.63) is 24.1 Å². The third kappa shape index (κ3) is 4.08. The van der Waals surface area contributed by atoms with Crippen molar-refractivity contribution < 1.29 is 18.8 Å². The van der Waals surface area contributed by atoms with E-state index in [1.165, 1.54) is 0 Å². The van der Waals surface area contributed by atoms with E-state index in [1.807, 2.05) is 12.1 Å². The molecule has 1 fully saturated rings. The lowest BCUT2D eigenvalue weighted by atomic mass is 9.96. The molecular formula is C17H23ClN4O4. The molecule has 8 nitrogen and oxygen atoms in total. The molecule has 3 rings (SSSR count). The lowest BCUT2D eigenvalue weighted by Gasteiger charge is -2.30. The predicted octanol–water partition coefficient (Wildman–Crippen LogP) is 1.84.